The molecule has 2 heterocycles. The average Bonchev–Trinajstić information content (AvgIpc) is 2.85. The molecule has 1 fully saturated rings. The molecule has 15 heteroatoms. The monoisotopic (exact) mass is 575 g/mol. The van der Waals surface area contributed by atoms with Crippen LogP contribution in [0.2, 0.25) is 5.02 Å². The van der Waals surface area contributed by atoms with Crippen molar-refractivity contribution in [2.45, 2.75) is 44.2 Å². The summed E-state index contributed by atoms with van der Waals surface area (Å²) in [4.78, 5) is 8.19. The molecule has 0 unspecified atom stereocenters. The summed E-state index contributed by atoms with van der Waals surface area (Å²) in [5.74, 6) is -0.556. The predicted molar refractivity (Wildman–Crippen MR) is 141 cm³/mol. The molecule has 5 N–H and O–H groups in total. The molecule has 0 bridgehead atoms. The molecular weight excluding hydrogens is 547 g/mol. The summed E-state index contributed by atoms with van der Waals surface area (Å²) in [5, 5.41) is 17.9. The van der Waals surface area contributed by atoms with Crippen LogP contribution >= 0.6 is 11.6 Å². The minimum Gasteiger partial charge on any atom is -0.404 e. The van der Waals surface area contributed by atoms with E-state index < -0.39 is 32.2 Å². The predicted octanol–water partition coefficient (Wildman–Crippen LogP) is 4.51. The van der Waals surface area contributed by atoms with Crippen molar-refractivity contribution >= 4 is 43.9 Å². The van der Waals surface area contributed by atoms with Gasteiger partial charge in [0.15, 0.2) is 26.4 Å². The van der Waals surface area contributed by atoms with Gasteiger partial charge in [-0.15, -0.1) is 13.2 Å². The standard InChI is InChI=1S/C23H29ClF3N7O3S/c1-13(2)38(35,36)20(28)18(12-29-3)32-21-16(24)11-31-22(34-21)33-17-5-4-15(14-6-8-30-9-7-14)10-19(17)37-23(25,26)27/h4-5,10-14,28-30H,6-9H2,1-3H3,(H2,31,32,33,34)/b18-12+,28-20?. The molecule has 208 valence electrons. The van der Waals surface area contributed by atoms with Crippen molar-refractivity contribution in [3.05, 3.63) is 46.9 Å². The first-order valence-corrected chi connectivity index (χ1v) is 13.6. The van der Waals surface area contributed by atoms with Gasteiger partial charge in [-0.25, -0.2) is 13.4 Å². The van der Waals surface area contributed by atoms with E-state index in [0.717, 1.165) is 31.5 Å². The molecule has 1 aliphatic heterocycles. The van der Waals surface area contributed by atoms with E-state index in [1.807, 2.05) is 0 Å². The maximum atomic E-state index is 13.2. The maximum Gasteiger partial charge on any atom is 0.573 e. The Morgan fingerprint density at radius 1 is 1.29 bits per heavy atom. The summed E-state index contributed by atoms with van der Waals surface area (Å²) in [6, 6.07) is 4.54. The van der Waals surface area contributed by atoms with Crippen molar-refractivity contribution in [2.24, 2.45) is 0 Å². The molecule has 1 aromatic carbocycles. The number of aromatic nitrogens is 2. The molecule has 0 aliphatic carbocycles. The minimum atomic E-state index is -4.92. The number of halogens is 4. The molecule has 38 heavy (non-hydrogen) atoms. The molecule has 0 amide bonds. The van der Waals surface area contributed by atoms with Gasteiger partial charge in [0, 0.05) is 13.2 Å². The lowest BCUT2D eigenvalue weighted by Gasteiger charge is -2.24. The third-order valence-corrected chi connectivity index (χ3v) is 8.03. The maximum absolute atomic E-state index is 13.2. The summed E-state index contributed by atoms with van der Waals surface area (Å²) >= 11 is 6.19. The molecule has 0 radical (unpaired) electrons. The highest BCUT2D eigenvalue weighted by atomic mass is 35.5. The SMILES string of the molecule is CN/C=C(/Nc1nc(Nc2ccc(C3CCNCC3)cc2OC(F)(F)F)ncc1Cl)C(=N)S(=O)(=O)C(C)C. The number of hydrogen-bond donors (Lipinski definition) is 5. The van der Waals surface area contributed by atoms with Crippen LogP contribution in [0, 0.1) is 5.41 Å². The normalized spacial score (nSPS) is 15.3. The van der Waals surface area contributed by atoms with E-state index in [4.69, 9.17) is 17.0 Å². The Balaban J connectivity index is 1.92. The average molecular weight is 576 g/mol. The van der Waals surface area contributed by atoms with Gasteiger partial charge in [0.05, 0.1) is 22.8 Å². The van der Waals surface area contributed by atoms with Gasteiger partial charge in [0.2, 0.25) is 5.95 Å². The Labute approximate surface area is 223 Å². The van der Waals surface area contributed by atoms with Crippen LogP contribution in [0.4, 0.5) is 30.6 Å². The van der Waals surface area contributed by atoms with Crippen molar-refractivity contribution in [1.82, 2.24) is 20.6 Å². The smallest absolute Gasteiger partial charge is 0.404 e. The quantitative estimate of drug-likeness (QED) is 0.216. The zero-order valence-electron chi connectivity index (χ0n) is 20.9. The van der Waals surface area contributed by atoms with Gasteiger partial charge in [-0.1, -0.05) is 17.7 Å². The molecular formula is C23H29ClF3N7O3S. The molecule has 2 aromatic rings. The minimum absolute atomic E-state index is 0.0136. The Morgan fingerprint density at radius 3 is 2.58 bits per heavy atom. The van der Waals surface area contributed by atoms with Gasteiger partial charge in [0.25, 0.3) is 0 Å². The number of sulfone groups is 1. The van der Waals surface area contributed by atoms with Crippen molar-refractivity contribution < 1.29 is 26.3 Å². The van der Waals surface area contributed by atoms with E-state index in [0.29, 0.717) is 0 Å². The van der Waals surface area contributed by atoms with Gasteiger partial charge in [-0.2, -0.15) is 4.98 Å². The van der Waals surface area contributed by atoms with Gasteiger partial charge >= 0.3 is 6.36 Å². The van der Waals surface area contributed by atoms with E-state index in [1.165, 1.54) is 45.4 Å². The van der Waals surface area contributed by atoms with Crippen LogP contribution in [0.3, 0.4) is 0 Å². The lowest BCUT2D eigenvalue weighted by atomic mass is 9.90. The van der Waals surface area contributed by atoms with Gasteiger partial charge in [-0.05, 0) is 63.4 Å². The molecule has 0 atom stereocenters. The number of benzene rings is 1. The van der Waals surface area contributed by atoms with Crippen LogP contribution in [0.25, 0.3) is 0 Å². The Kier molecular flexibility index (Phi) is 9.44. The lowest BCUT2D eigenvalue weighted by molar-refractivity contribution is -0.274. The molecule has 0 spiro atoms. The number of alkyl halides is 3. The second-order valence-electron chi connectivity index (χ2n) is 8.74. The summed E-state index contributed by atoms with van der Waals surface area (Å²) < 4.78 is 68.9. The number of piperidine rings is 1. The zero-order chi connectivity index (χ0) is 28.1. The van der Waals surface area contributed by atoms with Gasteiger partial charge < -0.3 is 26.0 Å². The van der Waals surface area contributed by atoms with E-state index in [1.54, 1.807) is 6.07 Å². The highest BCUT2D eigenvalue weighted by Crippen LogP contribution is 2.37. The third-order valence-electron chi connectivity index (χ3n) is 5.72. The van der Waals surface area contributed by atoms with Crippen LogP contribution < -0.4 is 26.0 Å². The zero-order valence-corrected chi connectivity index (χ0v) is 22.5. The molecule has 1 aliphatic rings. The van der Waals surface area contributed by atoms with Crippen molar-refractivity contribution in [3.63, 3.8) is 0 Å². The van der Waals surface area contributed by atoms with Crippen LogP contribution in [-0.4, -0.2) is 55.2 Å². The highest BCUT2D eigenvalue weighted by Gasteiger charge is 2.33. The number of anilines is 3. The highest BCUT2D eigenvalue weighted by molar-refractivity contribution is 8.07. The van der Waals surface area contributed by atoms with Gasteiger partial charge in [0.1, 0.15) is 5.02 Å². The summed E-state index contributed by atoms with van der Waals surface area (Å²) in [6.45, 7) is 4.43. The number of ether oxygens (including phenoxy) is 1. The third kappa shape index (κ3) is 7.48. The van der Waals surface area contributed by atoms with Crippen molar-refractivity contribution in [3.8, 4) is 5.75 Å². The van der Waals surface area contributed by atoms with Gasteiger partial charge in [-0.3, -0.25) is 5.41 Å². The van der Waals surface area contributed by atoms with Crippen LogP contribution in [0.1, 0.15) is 38.2 Å². The number of rotatable bonds is 9. The first-order chi connectivity index (χ1) is 17.8. The molecule has 1 saturated heterocycles. The number of nitrogens with one attached hydrogen (secondary N) is 5. The van der Waals surface area contributed by atoms with Crippen LogP contribution in [0.15, 0.2) is 36.3 Å². The molecule has 3 rings (SSSR count). The fraction of sp³-hybridized carbons (Fsp3) is 0.435. The fourth-order valence-corrected chi connectivity index (χ4v) is 4.74. The second-order valence-corrected chi connectivity index (χ2v) is 11.6. The first kappa shape index (κ1) is 29.5. The molecule has 10 nitrogen and oxygen atoms in total. The topological polar surface area (TPSA) is 141 Å². The van der Waals surface area contributed by atoms with Crippen molar-refractivity contribution in [1.29, 1.82) is 5.41 Å². The van der Waals surface area contributed by atoms with Crippen LogP contribution in [-0.2, 0) is 9.84 Å². The van der Waals surface area contributed by atoms with E-state index >= 15 is 0 Å². The molecule has 1 aromatic heterocycles. The van der Waals surface area contributed by atoms with E-state index in [2.05, 4.69) is 36.0 Å². The first-order valence-electron chi connectivity index (χ1n) is 11.7. The fourth-order valence-electron chi connectivity index (χ4n) is 3.72. The summed E-state index contributed by atoms with van der Waals surface area (Å²) in [7, 11) is -2.43. The number of nitrogens with zero attached hydrogens (tertiary/aromatic N) is 2. The Bertz CT molecular complexity index is 1300. The summed E-state index contributed by atoms with van der Waals surface area (Å²) in [5.41, 5.74) is 0.553. The van der Waals surface area contributed by atoms with Crippen molar-refractivity contribution in [2.75, 3.05) is 30.8 Å². The van der Waals surface area contributed by atoms with E-state index in [9.17, 15) is 21.6 Å². The molecule has 0 saturated carbocycles. The second kappa shape index (κ2) is 12.2. The largest absolute Gasteiger partial charge is 0.573 e. The summed E-state index contributed by atoms with van der Waals surface area (Å²) in [6.07, 6.45) is -0.909. The Morgan fingerprint density at radius 2 is 1.97 bits per heavy atom. The number of hydrogen-bond acceptors (Lipinski definition) is 10. The van der Waals surface area contributed by atoms with E-state index in [-0.39, 0.29) is 34.1 Å². The van der Waals surface area contributed by atoms with Crippen LogP contribution in [0.5, 0.6) is 5.75 Å². The Hall–Kier alpha value is -3.10. The lowest BCUT2D eigenvalue weighted by Crippen LogP contribution is -2.28.